The highest BCUT2D eigenvalue weighted by Gasteiger charge is 2.26. The highest BCUT2D eigenvalue weighted by molar-refractivity contribution is 6.30. The number of nitrogens with zero attached hydrogens (tertiary/aromatic N) is 3. The summed E-state index contributed by atoms with van der Waals surface area (Å²) in [6, 6.07) is 15.0. The van der Waals surface area contributed by atoms with Gasteiger partial charge in [-0.05, 0) is 43.3 Å². The number of amides is 1. The number of methoxy groups -OCH3 is 1. The summed E-state index contributed by atoms with van der Waals surface area (Å²) in [5.74, 6) is 2.13. The molecule has 1 aliphatic heterocycles. The lowest BCUT2D eigenvalue weighted by Crippen LogP contribution is -2.50. The fraction of sp³-hybridized carbons (Fsp3) is 0.273. The monoisotopic (exact) mass is 411 g/mol. The van der Waals surface area contributed by atoms with Crippen molar-refractivity contribution >= 4 is 23.2 Å². The molecule has 1 aliphatic rings. The third-order valence-electron chi connectivity index (χ3n) is 5.02. The molecule has 0 atom stereocenters. The molecule has 2 aromatic carbocycles. The number of carbonyl (C=O) groups is 1. The minimum absolute atomic E-state index is 0.0589. The predicted octanol–water partition coefficient (Wildman–Crippen LogP) is 4.16. The smallest absolute Gasteiger partial charge is 0.241 e. The van der Waals surface area contributed by atoms with Gasteiger partial charge in [-0.2, -0.15) is 0 Å². The molecule has 0 spiro atoms. The van der Waals surface area contributed by atoms with E-state index >= 15 is 0 Å². The summed E-state index contributed by atoms with van der Waals surface area (Å²) < 4.78 is 11.1. The number of halogens is 1. The Bertz CT molecular complexity index is 1020. The standard InChI is InChI=1S/C22H22ClN3O3/c1-15-20(24-22(29-15)16-6-8-17(23)9-7-16)13-25-10-11-26(21(27)14-25)18-4-3-5-19(12-18)28-2/h3-9,12H,10-11,13-14H2,1-2H3. The van der Waals surface area contributed by atoms with E-state index in [-0.39, 0.29) is 5.91 Å². The second kappa shape index (κ2) is 8.27. The van der Waals surface area contributed by atoms with Crippen LogP contribution in [0.5, 0.6) is 5.75 Å². The molecule has 1 saturated heterocycles. The molecule has 1 amide bonds. The molecule has 1 fully saturated rings. The first-order chi connectivity index (χ1) is 14.0. The van der Waals surface area contributed by atoms with Crippen LogP contribution < -0.4 is 9.64 Å². The Morgan fingerprint density at radius 1 is 1.17 bits per heavy atom. The fourth-order valence-corrected chi connectivity index (χ4v) is 3.54. The van der Waals surface area contributed by atoms with Gasteiger partial charge in [-0.15, -0.1) is 0 Å². The van der Waals surface area contributed by atoms with Gasteiger partial charge in [0.1, 0.15) is 11.5 Å². The molecule has 2 heterocycles. The van der Waals surface area contributed by atoms with Crippen molar-refractivity contribution in [3.8, 4) is 17.2 Å². The molecular weight excluding hydrogens is 390 g/mol. The summed E-state index contributed by atoms with van der Waals surface area (Å²) in [7, 11) is 1.62. The zero-order chi connectivity index (χ0) is 20.4. The van der Waals surface area contributed by atoms with Gasteiger partial charge >= 0.3 is 0 Å². The summed E-state index contributed by atoms with van der Waals surface area (Å²) in [5.41, 5.74) is 2.58. The first-order valence-electron chi connectivity index (χ1n) is 9.42. The summed E-state index contributed by atoms with van der Waals surface area (Å²) in [6.45, 7) is 4.18. The Balaban J connectivity index is 1.44. The van der Waals surface area contributed by atoms with Crippen molar-refractivity contribution in [1.82, 2.24) is 9.88 Å². The Hall–Kier alpha value is -2.83. The molecule has 6 nitrogen and oxygen atoms in total. The van der Waals surface area contributed by atoms with Crippen molar-refractivity contribution in [3.05, 3.63) is 65.0 Å². The lowest BCUT2D eigenvalue weighted by Gasteiger charge is -2.34. The van der Waals surface area contributed by atoms with E-state index < -0.39 is 0 Å². The average Bonchev–Trinajstić information content (AvgIpc) is 3.09. The number of benzene rings is 2. The zero-order valence-corrected chi connectivity index (χ0v) is 17.1. The maximum Gasteiger partial charge on any atom is 0.241 e. The second-order valence-electron chi connectivity index (χ2n) is 6.99. The molecule has 0 radical (unpaired) electrons. The van der Waals surface area contributed by atoms with E-state index in [1.54, 1.807) is 12.0 Å². The van der Waals surface area contributed by atoms with Crippen LogP contribution in [-0.4, -0.2) is 42.5 Å². The largest absolute Gasteiger partial charge is 0.497 e. The highest BCUT2D eigenvalue weighted by atomic mass is 35.5. The van der Waals surface area contributed by atoms with Crippen molar-refractivity contribution in [2.45, 2.75) is 13.5 Å². The molecule has 4 rings (SSSR count). The zero-order valence-electron chi connectivity index (χ0n) is 16.4. The quantitative estimate of drug-likeness (QED) is 0.631. The summed E-state index contributed by atoms with van der Waals surface area (Å²) in [6.07, 6.45) is 0. The molecular formula is C22H22ClN3O3. The van der Waals surface area contributed by atoms with Crippen LogP contribution in [0.15, 0.2) is 52.9 Å². The number of rotatable bonds is 5. The maximum absolute atomic E-state index is 12.7. The number of carbonyl (C=O) groups excluding carboxylic acids is 1. The molecule has 0 bridgehead atoms. The predicted molar refractivity (Wildman–Crippen MR) is 112 cm³/mol. The normalized spacial score (nSPS) is 15.0. The third kappa shape index (κ3) is 4.28. The van der Waals surface area contributed by atoms with Gasteiger partial charge < -0.3 is 14.1 Å². The van der Waals surface area contributed by atoms with E-state index in [0.717, 1.165) is 35.0 Å². The van der Waals surface area contributed by atoms with Crippen LogP contribution in [0.2, 0.25) is 5.02 Å². The maximum atomic E-state index is 12.7. The first kappa shape index (κ1) is 19.5. The Morgan fingerprint density at radius 3 is 2.69 bits per heavy atom. The first-order valence-corrected chi connectivity index (χ1v) is 9.80. The summed E-state index contributed by atoms with van der Waals surface area (Å²) in [4.78, 5) is 21.3. The Kier molecular flexibility index (Phi) is 5.56. The van der Waals surface area contributed by atoms with Gasteiger partial charge in [0.15, 0.2) is 0 Å². The van der Waals surface area contributed by atoms with Crippen molar-refractivity contribution in [3.63, 3.8) is 0 Å². The SMILES string of the molecule is COc1cccc(N2CCN(Cc3nc(-c4ccc(Cl)cc4)oc3C)CC2=O)c1. The van der Waals surface area contributed by atoms with Gasteiger partial charge in [0.25, 0.3) is 0 Å². The van der Waals surface area contributed by atoms with Crippen molar-refractivity contribution in [2.75, 3.05) is 31.6 Å². The van der Waals surface area contributed by atoms with Crippen LogP contribution in [0.3, 0.4) is 0 Å². The van der Waals surface area contributed by atoms with Gasteiger partial charge in [0.2, 0.25) is 11.8 Å². The van der Waals surface area contributed by atoms with E-state index in [1.165, 1.54) is 0 Å². The van der Waals surface area contributed by atoms with Gasteiger partial charge in [-0.25, -0.2) is 4.98 Å². The molecule has 0 aliphatic carbocycles. The second-order valence-corrected chi connectivity index (χ2v) is 7.42. The Morgan fingerprint density at radius 2 is 1.97 bits per heavy atom. The van der Waals surface area contributed by atoms with Crippen LogP contribution in [-0.2, 0) is 11.3 Å². The highest BCUT2D eigenvalue weighted by Crippen LogP contribution is 2.26. The number of hydrogen-bond acceptors (Lipinski definition) is 5. The number of aromatic nitrogens is 1. The number of aryl methyl sites for hydroxylation is 1. The number of ether oxygens (including phenoxy) is 1. The molecule has 0 unspecified atom stereocenters. The van der Waals surface area contributed by atoms with Gasteiger partial charge in [0, 0.05) is 42.0 Å². The van der Waals surface area contributed by atoms with Crippen LogP contribution in [0.4, 0.5) is 5.69 Å². The topological polar surface area (TPSA) is 58.8 Å². The molecule has 7 heteroatoms. The molecule has 29 heavy (non-hydrogen) atoms. The minimum atomic E-state index is 0.0589. The average molecular weight is 412 g/mol. The molecule has 1 aromatic heterocycles. The van der Waals surface area contributed by atoms with Crippen molar-refractivity contribution in [1.29, 1.82) is 0 Å². The van der Waals surface area contributed by atoms with Gasteiger partial charge in [-0.1, -0.05) is 17.7 Å². The van der Waals surface area contributed by atoms with Crippen LogP contribution >= 0.6 is 11.6 Å². The minimum Gasteiger partial charge on any atom is -0.497 e. The van der Waals surface area contributed by atoms with E-state index in [4.69, 9.17) is 20.8 Å². The number of hydrogen-bond donors (Lipinski definition) is 0. The molecule has 150 valence electrons. The van der Waals surface area contributed by atoms with Gasteiger partial charge in [-0.3, -0.25) is 9.69 Å². The van der Waals surface area contributed by atoms with Crippen LogP contribution in [0.25, 0.3) is 11.5 Å². The van der Waals surface area contributed by atoms with E-state index in [1.807, 2.05) is 55.5 Å². The number of oxazole rings is 1. The van der Waals surface area contributed by atoms with E-state index in [2.05, 4.69) is 9.88 Å². The van der Waals surface area contributed by atoms with Gasteiger partial charge in [0.05, 0.1) is 19.3 Å². The molecule has 3 aromatic rings. The third-order valence-corrected chi connectivity index (χ3v) is 5.27. The van der Waals surface area contributed by atoms with Crippen LogP contribution in [0.1, 0.15) is 11.5 Å². The summed E-state index contributed by atoms with van der Waals surface area (Å²) in [5, 5.41) is 0.671. The molecule has 0 N–H and O–H groups in total. The Labute approximate surface area is 174 Å². The van der Waals surface area contributed by atoms with E-state index in [9.17, 15) is 4.79 Å². The lowest BCUT2D eigenvalue weighted by atomic mass is 10.2. The fourth-order valence-electron chi connectivity index (χ4n) is 3.41. The van der Waals surface area contributed by atoms with Crippen LogP contribution in [0, 0.1) is 6.92 Å². The number of piperazine rings is 1. The lowest BCUT2D eigenvalue weighted by molar-refractivity contribution is -0.121. The van der Waals surface area contributed by atoms with E-state index in [0.29, 0.717) is 30.5 Å². The molecule has 0 saturated carbocycles. The van der Waals surface area contributed by atoms with Crippen molar-refractivity contribution < 1.29 is 13.9 Å². The summed E-state index contributed by atoms with van der Waals surface area (Å²) >= 11 is 5.95. The van der Waals surface area contributed by atoms with Crippen molar-refractivity contribution in [2.24, 2.45) is 0 Å². The number of anilines is 1.